The third-order valence-electron chi connectivity index (χ3n) is 3.93. The fraction of sp³-hybridized carbons (Fsp3) is 0.375. The summed E-state index contributed by atoms with van der Waals surface area (Å²) in [7, 11) is 1.76. The number of carbonyl (C=O) groups excluding carboxylic acids is 1. The highest BCUT2D eigenvalue weighted by Crippen LogP contribution is 2.21. The Morgan fingerprint density at radius 3 is 2.82 bits per heavy atom. The van der Waals surface area contributed by atoms with Gasteiger partial charge in [-0.15, -0.1) is 0 Å². The molecule has 1 aromatic heterocycles. The number of hydrogen-bond donors (Lipinski definition) is 0. The van der Waals surface area contributed by atoms with Gasteiger partial charge in [-0.3, -0.25) is 9.48 Å². The summed E-state index contributed by atoms with van der Waals surface area (Å²) < 4.78 is 20.1. The van der Waals surface area contributed by atoms with Gasteiger partial charge in [-0.1, -0.05) is 0 Å². The summed E-state index contributed by atoms with van der Waals surface area (Å²) >= 11 is 0. The first kappa shape index (κ1) is 14.6. The van der Waals surface area contributed by atoms with Crippen LogP contribution in [0.5, 0.6) is 5.75 Å². The lowest BCUT2D eigenvalue weighted by molar-refractivity contribution is 0.0680. The minimum Gasteiger partial charge on any atom is -0.491 e. The molecule has 1 unspecified atom stereocenters. The van der Waals surface area contributed by atoms with E-state index in [1.807, 2.05) is 4.90 Å². The molecule has 1 fully saturated rings. The van der Waals surface area contributed by atoms with Crippen molar-refractivity contribution in [2.45, 2.75) is 18.9 Å². The number of aromatic nitrogens is 2. The maximum absolute atomic E-state index is 12.9. The zero-order chi connectivity index (χ0) is 15.5. The Hall–Kier alpha value is -2.37. The number of nitrogens with zero attached hydrogens (tertiary/aromatic N) is 3. The van der Waals surface area contributed by atoms with E-state index < -0.39 is 0 Å². The van der Waals surface area contributed by atoms with Crippen molar-refractivity contribution in [2.24, 2.45) is 7.05 Å². The molecule has 1 saturated heterocycles. The zero-order valence-corrected chi connectivity index (χ0v) is 12.4. The lowest BCUT2D eigenvalue weighted by atomic mass is 10.2. The van der Waals surface area contributed by atoms with E-state index >= 15 is 0 Å². The average Bonchev–Trinajstić information content (AvgIpc) is 3.15. The summed E-state index contributed by atoms with van der Waals surface area (Å²) in [4.78, 5) is 14.4. The van der Waals surface area contributed by atoms with Crippen LogP contribution in [-0.2, 0) is 7.05 Å². The van der Waals surface area contributed by atoms with Gasteiger partial charge in [0, 0.05) is 19.8 Å². The molecule has 22 heavy (non-hydrogen) atoms. The molecule has 0 N–H and O–H groups in total. The van der Waals surface area contributed by atoms with Gasteiger partial charge in [-0.25, -0.2) is 4.39 Å². The van der Waals surface area contributed by atoms with Crippen LogP contribution in [0.3, 0.4) is 0 Å². The van der Waals surface area contributed by atoms with Crippen LogP contribution in [0.1, 0.15) is 23.3 Å². The third kappa shape index (κ3) is 2.95. The standard InChI is InChI=1S/C16H18FN3O2/c1-19-15(8-9-18-19)16(21)20-10-2-3-13(20)11-22-14-6-4-12(17)5-7-14/h4-9,13H,2-3,10-11H2,1H3. The molecule has 6 heteroatoms. The van der Waals surface area contributed by atoms with Crippen LogP contribution in [0.4, 0.5) is 4.39 Å². The second kappa shape index (κ2) is 6.17. The highest BCUT2D eigenvalue weighted by molar-refractivity contribution is 5.92. The molecule has 116 valence electrons. The van der Waals surface area contributed by atoms with Gasteiger partial charge in [-0.2, -0.15) is 5.10 Å². The Morgan fingerprint density at radius 1 is 1.36 bits per heavy atom. The normalized spacial score (nSPS) is 17.7. The van der Waals surface area contributed by atoms with E-state index in [9.17, 15) is 9.18 Å². The Labute approximate surface area is 128 Å². The van der Waals surface area contributed by atoms with Crippen LogP contribution in [-0.4, -0.2) is 39.8 Å². The molecule has 0 radical (unpaired) electrons. The van der Waals surface area contributed by atoms with Gasteiger partial charge in [0.05, 0.1) is 6.04 Å². The summed E-state index contributed by atoms with van der Waals surface area (Å²) in [6.45, 7) is 1.14. The van der Waals surface area contributed by atoms with Crippen molar-refractivity contribution >= 4 is 5.91 Å². The van der Waals surface area contributed by atoms with E-state index in [1.54, 1.807) is 36.1 Å². The third-order valence-corrected chi connectivity index (χ3v) is 3.93. The number of rotatable bonds is 4. The molecule has 1 atom stereocenters. The van der Waals surface area contributed by atoms with Crippen molar-refractivity contribution in [1.82, 2.24) is 14.7 Å². The van der Waals surface area contributed by atoms with Crippen LogP contribution in [0.2, 0.25) is 0 Å². The van der Waals surface area contributed by atoms with Crippen LogP contribution < -0.4 is 4.74 Å². The van der Waals surface area contributed by atoms with E-state index in [0.29, 0.717) is 18.1 Å². The largest absolute Gasteiger partial charge is 0.491 e. The molecule has 1 aliphatic heterocycles. The van der Waals surface area contributed by atoms with E-state index in [0.717, 1.165) is 19.4 Å². The molecule has 3 rings (SSSR count). The van der Waals surface area contributed by atoms with Gasteiger partial charge in [0.15, 0.2) is 0 Å². The maximum atomic E-state index is 12.9. The molecule has 0 aliphatic carbocycles. The van der Waals surface area contributed by atoms with Crippen LogP contribution >= 0.6 is 0 Å². The van der Waals surface area contributed by atoms with E-state index in [2.05, 4.69) is 5.10 Å². The number of carbonyl (C=O) groups is 1. The molecule has 1 aromatic carbocycles. The molecule has 0 spiro atoms. The molecule has 2 aromatic rings. The van der Waals surface area contributed by atoms with Gasteiger partial charge >= 0.3 is 0 Å². The van der Waals surface area contributed by atoms with Crippen molar-refractivity contribution in [2.75, 3.05) is 13.2 Å². The number of hydrogen-bond acceptors (Lipinski definition) is 3. The monoisotopic (exact) mass is 303 g/mol. The van der Waals surface area contributed by atoms with Crippen LogP contribution in [0.25, 0.3) is 0 Å². The number of amides is 1. The first-order valence-corrected chi connectivity index (χ1v) is 7.32. The molecule has 1 amide bonds. The number of benzene rings is 1. The van der Waals surface area contributed by atoms with Crippen molar-refractivity contribution in [3.8, 4) is 5.75 Å². The van der Waals surface area contributed by atoms with Gasteiger partial charge in [-0.05, 0) is 43.2 Å². The van der Waals surface area contributed by atoms with Gasteiger partial charge in [0.25, 0.3) is 5.91 Å². The minimum absolute atomic E-state index is 0.0230. The summed E-state index contributed by atoms with van der Waals surface area (Å²) in [5, 5.41) is 4.04. The molecular weight excluding hydrogens is 285 g/mol. The predicted octanol–water partition coefficient (Wildman–Crippen LogP) is 2.24. The van der Waals surface area contributed by atoms with Crippen molar-refractivity contribution in [1.29, 1.82) is 0 Å². The summed E-state index contributed by atoms with van der Waals surface area (Å²) in [6.07, 6.45) is 3.49. The Kier molecular flexibility index (Phi) is 4.09. The maximum Gasteiger partial charge on any atom is 0.272 e. The topological polar surface area (TPSA) is 47.4 Å². The summed E-state index contributed by atoms with van der Waals surface area (Å²) in [5.41, 5.74) is 0.577. The van der Waals surface area contributed by atoms with Crippen LogP contribution in [0, 0.1) is 5.82 Å². The lowest BCUT2D eigenvalue weighted by Crippen LogP contribution is -2.39. The van der Waals surface area contributed by atoms with Crippen molar-refractivity contribution in [3.63, 3.8) is 0 Å². The first-order valence-electron chi connectivity index (χ1n) is 7.32. The van der Waals surface area contributed by atoms with E-state index in [1.165, 1.54) is 12.1 Å². The molecule has 0 saturated carbocycles. The van der Waals surface area contributed by atoms with E-state index in [4.69, 9.17) is 4.74 Å². The quantitative estimate of drug-likeness (QED) is 0.870. The molecule has 2 heterocycles. The summed E-state index contributed by atoms with van der Waals surface area (Å²) in [5.74, 6) is 0.299. The van der Waals surface area contributed by atoms with Gasteiger partial charge < -0.3 is 9.64 Å². The Bertz CT molecular complexity index is 654. The summed E-state index contributed by atoms with van der Waals surface area (Å²) in [6, 6.07) is 7.67. The molecule has 5 nitrogen and oxygen atoms in total. The first-order chi connectivity index (χ1) is 10.6. The van der Waals surface area contributed by atoms with Crippen LogP contribution in [0.15, 0.2) is 36.5 Å². The Balaban J connectivity index is 1.64. The second-order valence-electron chi connectivity index (χ2n) is 5.40. The zero-order valence-electron chi connectivity index (χ0n) is 12.4. The van der Waals surface area contributed by atoms with Crippen molar-refractivity contribution in [3.05, 3.63) is 48.0 Å². The highest BCUT2D eigenvalue weighted by atomic mass is 19.1. The number of likely N-dealkylation sites (tertiary alicyclic amines) is 1. The molecule has 0 bridgehead atoms. The van der Waals surface area contributed by atoms with Crippen molar-refractivity contribution < 1.29 is 13.9 Å². The minimum atomic E-state index is -0.291. The molecular formula is C16H18FN3O2. The lowest BCUT2D eigenvalue weighted by Gasteiger charge is -2.24. The second-order valence-corrected chi connectivity index (χ2v) is 5.40. The number of aryl methyl sites for hydroxylation is 1. The molecule has 1 aliphatic rings. The number of ether oxygens (including phenoxy) is 1. The Morgan fingerprint density at radius 2 is 2.14 bits per heavy atom. The van der Waals surface area contributed by atoms with E-state index in [-0.39, 0.29) is 17.8 Å². The smallest absolute Gasteiger partial charge is 0.272 e. The van der Waals surface area contributed by atoms with Gasteiger partial charge in [0.2, 0.25) is 0 Å². The highest BCUT2D eigenvalue weighted by Gasteiger charge is 2.31. The SMILES string of the molecule is Cn1nccc1C(=O)N1CCCC1COc1ccc(F)cc1. The predicted molar refractivity (Wildman–Crippen MR) is 79.2 cm³/mol. The fourth-order valence-corrected chi connectivity index (χ4v) is 2.73. The number of halogens is 1. The van der Waals surface area contributed by atoms with Gasteiger partial charge in [0.1, 0.15) is 23.9 Å². The fourth-order valence-electron chi connectivity index (χ4n) is 2.73. The average molecular weight is 303 g/mol.